The molecule has 2 aromatic rings. The number of aliphatic carboxylic acids is 1. The van der Waals surface area contributed by atoms with Crippen LogP contribution >= 0.6 is 0 Å². The molecule has 0 saturated heterocycles. The summed E-state index contributed by atoms with van der Waals surface area (Å²) in [7, 11) is 0. The summed E-state index contributed by atoms with van der Waals surface area (Å²) in [6.45, 7) is 2.39. The molecule has 1 heterocycles. The number of hydrogen-bond donors (Lipinski definition) is 2. The number of aryl methyl sites for hydroxylation is 1. The van der Waals surface area contributed by atoms with Crippen molar-refractivity contribution in [1.82, 2.24) is 10.3 Å². The molecule has 1 unspecified atom stereocenters. The van der Waals surface area contributed by atoms with Gasteiger partial charge in [-0.1, -0.05) is 36.4 Å². The molecule has 0 aliphatic carbocycles. The van der Waals surface area contributed by atoms with Crippen LogP contribution in [-0.4, -0.2) is 16.1 Å². The average Bonchev–Trinajstić information content (AvgIpc) is 2.42. The van der Waals surface area contributed by atoms with Crippen molar-refractivity contribution in [2.45, 2.75) is 19.5 Å². The van der Waals surface area contributed by atoms with Crippen LogP contribution in [-0.2, 0) is 11.3 Å². The third kappa shape index (κ3) is 3.39. The molecule has 1 aromatic heterocycles. The van der Waals surface area contributed by atoms with Crippen molar-refractivity contribution in [3.63, 3.8) is 0 Å². The van der Waals surface area contributed by atoms with Crippen LogP contribution in [0.15, 0.2) is 48.7 Å². The number of rotatable bonds is 5. The van der Waals surface area contributed by atoms with Crippen molar-refractivity contribution in [2.24, 2.45) is 0 Å². The van der Waals surface area contributed by atoms with E-state index < -0.39 is 12.0 Å². The van der Waals surface area contributed by atoms with E-state index in [1.54, 1.807) is 18.3 Å². The Morgan fingerprint density at radius 1 is 1.26 bits per heavy atom. The van der Waals surface area contributed by atoms with Crippen LogP contribution in [0.4, 0.5) is 0 Å². The normalized spacial score (nSPS) is 12.1. The summed E-state index contributed by atoms with van der Waals surface area (Å²) >= 11 is 0. The molecule has 98 valence electrons. The molecule has 4 heteroatoms. The second-order valence-corrected chi connectivity index (χ2v) is 4.33. The van der Waals surface area contributed by atoms with Crippen LogP contribution in [0.3, 0.4) is 0 Å². The lowest BCUT2D eigenvalue weighted by Crippen LogP contribution is -2.28. The molecular formula is C15H16N2O2. The van der Waals surface area contributed by atoms with Gasteiger partial charge in [-0.05, 0) is 24.1 Å². The zero-order valence-corrected chi connectivity index (χ0v) is 10.7. The Kier molecular flexibility index (Phi) is 4.26. The fraction of sp³-hybridized carbons (Fsp3) is 0.200. The van der Waals surface area contributed by atoms with E-state index in [0.29, 0.717) is 6.54 Å². The third-order valence-electron chi connectivity index (χ3n) is 2.97. The topological polar surface area (TPSA) is 62.2 Å². The number of aromatic nitrogens is 1. The second-order valence-electron chi connectivity index (χ2n) is 4.33. The standard InChI is InChI=1S/C15H16N2O2/c1-11-6-5-9-16-13(11)10-17-14(15(18)19)12-7-3-2-4-8-12/h2-9,14,17H,10H2,1H3,(H,18,19). The number of carbonyl (C=O) groups is 1. The molecule has 0 amide bonds. The highest BCUT2D eigenvalue weighted by atomic mass is 16.4. The molecule has 1 aromatic carbocycles. The predicted molar refractivity (Wildman–Crippen MR) is 72.6 cm³/mol. The number of carboxylic acids is 1. The van der Waals surface area contributed by atoms with Crippen molar-refractivity contribution in [3.8, 4) is 0 Å². The monoisotopic (exact) mass is 256 g/mol. The molecule has 0 aliphatic heterocycles. The fourth-order valence-electron chi connectivity index (χ4n) is 1.90. The summed E-state index contributed by atoms with van der Waals surface area (Å²) in [5.41, 5.74) is 2.65. The molecule has 1 atom stereocenters. The highest BCUT2D eigenvalue weighted by molar-refractivity contribution is 5.75. The molecule has 0 spiro atoms. The van der Waals surface area contributed by atoms with Gasteiger partial charge in [0.05, 0.1) is 5.69 Å². The van der Waals surface area contributed by atoms with Crippen LogP contribution in [0.1, 0.15) is 22.9 Å². The lowest BCUT2D eigenvalue weighted by molar-refractivity contribution is -0.139. The van der Waals surface area contributed by atoms with Gasteiger partial charge in [0.2, 0.25) is 0 Å². The lowest BCUT2D eigenvalue weighted by atomic mass is 10.1. The van der Waals surface area contributed by atoms with Gasteiger partial charge in [-0.2, -0.15) is 0 Å². The van der Waals surface area contributed by atoms with Crippen molar-refractivity contribution in [1.29, 1.82) is 0 Å². The first-order valence-corrected chi connectivity index (χ1v) is 6.10. The van der Waals surface area contributed by atoms with Crippen LogP contribution < -0.4 is 5.32 Å². The van der Waals surface area contributed by atoms with Crippen LogP contribution in [0.2, 0.25) is 0 Å². The first-order chi connectivity index (χ1) is 9.18. The number of nitrogens with one attached hydrogen (secondary N) is 1. The van der Waals surface area contributed by atoms with Gasteiger partial charge in [0.15, 0.2) is 0 Å². The van der Waals surface area contributed by atoms with E-state index in [0.717, 1.165) is 16.8 Å². The fourth-order valence-corrected chi connectivity index (χ4v) is 1.90. The molecule has 2 N–H and O–H groups in total. The van der Waals surface area contributed by atoms with E-state index in [4.69, 9.17) is 0 Å². The number of nitrogens with zero attached hydrogens (tertiary/aromatic N) is 1. The Morgan fingerprint density at radius 2 is 2.00 bits per heavy atom. The number of hydrogen-bond acceptors (Lipinski definition) is 3. The highest BCUT2D eigenvalue weighted by Gasteiger charge is 2.18. The van der Waals surface area contributed by atoms with Crippen molar-refractivity contribution in [3.05, 3.63) is 65.5 Å². The molecular weight excluding hydrogens is 240 g/mol. The number of benzene rings is 1. The first-order valence-electron chi connectivity index (χ1n) is 6.10. The van der Waals surface area contributed by atoms with E-state index in [9.17, 15) is 9.90 Å². The number of pyridine rings is 1. The van der Waals surface area contributed by atoms with Gasteiger partial charge < -0.3 is 5.11 Å². The van der Waals surface area contributed by atoms with Crippen LogP contribution in [0.25, 0.3) is 0 Å². The molecule has 0 aliphatic rings. The SMILES string of the molecule is Cc1cccnc1CNC(C(=O)O)c1ccccc1. The van der Waals surface area contributed by atoms with Crippen LogP contribution in [0.5, 0.6) is 0 Å². The smallest absolute Gasteiger partial charge is 0.325 e. The molecule has 0 saturated carbocycles. The second kappa shape index (κ2) is 6.11. The Hall–Kier alpha value is -2.20. The van der Waals surface area contributed by atoms with E-state index in [2.05, 4.69) is 10.3 Å². The molecule has 0 fully saturated rings. The Balaban J connectivity index is 2.11. The van der Waals surface area contributed by atoms with Crippen molar-refractivity contribution >= 4 is 5.97 Å². The van der Waals surface area contributed by atoms with E-state index >= 15 is 0 Å². The quantitative estimate of drug-likeness (QED) is 0.861. The van der Waals surface area contributed by atoms with Gasteiger partial charge in [-0.15, -0.1) is 0 Å². The summed E-state index contributed by atoms with van der Waals surface area (Å²) in [6, 6.07) is 12.2. The van der Waals surface area contributed by atoms with E-state index in [1.165, 1.54) is 0 Å². The van der Waals surface area contributed by atoms with E-state index in [1.807, 2.05) is 37.3 Å². The molecule has 2 rings (SSSR count). The predicted octanol–water partition coefficient (Wildman–Crippen LogP) is 2.31. The van der Waals surface area contributed by atoms with Gasteiger partial charge in [0, 0.05) is 12.7 Å². The molecule has 0 bridgehead atoms. The van der Waals surface area contributed by atoms with Gasteiger partial charge in [-0.3, -0.25) is 15.1 Å². The highest BCUT2D eigenvalue weighted by Crippen LogP contribution is 2.14. The van der Waals surface area contributed by atoms with Gasteiger partial charge in [-0.25, -0.2) is 0 Å². The van der Waals surface area contributed by atoms with Gasteiger partial charge in [0.1, 0.15) is 6.04 Å². The third-order valence-corrected chi connectivity index (χ3v) is 2.97. The minimum atomic E-state index is -0.889. The summed E-state index contributed by atoms with van der Waals surface area (Å²) < 4.78 is 0. The van der Waals surface area contributed by atoms with Crippen molar-refractivity contribution < 1.29 is 9.90 Å². The Bertz CT molecular complexity index is 555. The summed E-state index contributed by atoms with van der Waals surface area (Å²) in [5.74, 6) is -0.889. The van der Waals surface area contributed by atoms with Gasteiger partial charge in [0.25, 0.3) is 0 Å². The summed E-state index contributed by atoms with van der Waals surface area (Å²) in [5, 5.41) is 12.3. The Morgan fingerprint density at radius 3 is 2.63 bits per heavy atom. The lowest BCUT2D eigenvalue weighted by Gasteiger charge is -2.15. The summed E-state index contributed by atoms with van der Waals surface area (Å²) in [6.07, 6.45) is 1.71. The maximum absolute atomic E-state index is 11.3. The number of carboxylic acid groups (broad SMARTS) is 1. The Labute approximate surface area is 112 Å². The van der Waals surface area contributed by atoms with Gasteiger partial charge >= 0.3 is 5.97 Å². The molecule has 0 radical (unpaired) electrons. The van der Waals surface area contributed by atoms with E-state index in [-0.39, 0.29) is 0 Å². The largest absolute Gasteiger partial charge is 0.480 e. The van der Waals surface area contributed by atoms with Crippen LogP contribution in [0, 0.1) is 6.92 Å². The minimum Gasteiger partial charge on any atom is -0.480 e. The minimum absolute atomic E-state index is 0.429. The average molecular weight is 256 g/mol. The molecule has 4 nitrogen and oxygen atoms in total. The first kappa shape index (κ1) is 13.2. The zero-order valence-electron chi connectivity index (χ0n) is 10.7. The zero-order chi connectivity index (χ0) is 13.7. The maximum atomic E-state index is 11.3. The van der Waals surface area contributed by atoms with Crippen molar-refractivity contribution in [2.75, 3.05) is 0 Å². The molecule has 19 heavy (non-hydrogen) atoms. The summed E-state index contributed by atoms with van der Waals surface area (Å²) in [4.78, 5) is 15.6. The maximum Gasteiger partial charge on any atom is 0.325 e.